The molecule has 0 spiro atoms. The summed E-state index contributed by atoms with van der Waals surface area (Å²) in [5.41, 5.74) is 2.18. The molecule has 2 heterocycles. The fourth-order valence-electron chi connectivity index (χ4n) is 1.82. The van der Waals surface area contributed by atoms with Gasteiger partial charge >= 0.3 is 0 Å². The van der Waals surface area contributed by atoms with Crippen molar-refractivity contribution in [3.8, 4) is 5.69 Å². The summed E-state index contributed by atoms with van der Waals surface area (Å²) in [5, 5.41) is 13.7. The quantitative estimate of drug-likeness (QED) is 0.770. The first-order chi connectivity index (χ1) is 10.3. The number of benzene rings is 1. The number of hydrogen-bond acceptors (Lipinski definition) is 5. The van der Waals surface area contributed by atoms with Crippen molar-refractivity contribution in [1.82, 2.24) is 30.5 Å². The summed E-state index contributed by atoms with van der Waals surface area (Å²) in [6.45, 7) is 0.397. The van der Waals surface area contributed by atoms with E-state index in [1.165, 1.54) is 11.0 Å². The molecular weight excluding hydrogens is 268 g/mol. The average molecular weight is 280 g/mol. The molecule has 104 valence electrons. The van der Waals surface area contributed by atoms with E-state index in [0.717, 1.165) is 11.4 Å². The normalized spacial score (nSPS) is 10.3. The van der Waals surface area contributed by atoms with Crippen LogP contribution in [-0.4, -0.2) is 31.1 Å². The van der Waals surface area contributed by atoms with Gasteiger partial charge in [0.2, 0.25) is 0 Å². The second-order valence-electron chi connectivity index (χ2n) is 4.31. The molecule has 21 heavy (non-hydrogen) atoms. The van der Waals surface area contributed by atoms with E-state index in [1.54, 1.807) is 30.5 Å². The predicted molar refractivity (Wildman–Crippen MR) is 74.6 cm³/mol. The molecule has 7 nitrogen and oxygen atoms in total. The SMILES string of the molecule is O=C(NCc1ccccn1)c1ccc(-n2cnnn2)cc1. The van der Waals surface area contributed by atoms with Crippen LogP contribution in [0, 0.1) is 0 Å². The van der Waals surface area contributed by atoms with Gasteiger partial charge < -0.3 is 5.32 Å². The molecule has 1 amide bonds. The summed E-state index contributed by atoms with van der Waals surface area (Å²) in [6, 6.07) is 12.6. The second-order valence-corrected chi connectivity index (χ2v) is 4.31. The highest BCUT2D eigenvalue weighted by atomic mass is 16.1. The lowest BCUT2D eigenvalue weighted by molar-refractivity contribution is 0.0950. The van der Waals surface area contributed by atoms with E-state index >= 15 is 0 Å². The Morgan fingerprint density at radius 2 is 2.00 bits per heavy atom. The zero-order valence-electron chi connectivity index (χ0n) is 11.0. The third kappa shape index (κ3) is 3.08. The average Bonchev–Trinajstić information content (AvgIpc) is 3.08. The van der Waals surface area contributed by atoms with Gasteiger partial charge in [-0.2, -0.15) is 0 Å². The Morgan fingerprint density at radius 3 is 2.67 bits per heavy atom. The maximum atomic E-state index is 12.0. The van der Waals surface area contributed by atoms with Crippen LogP contribution in [0.3, 0.4) is 0 Å². The Balaban J connectivity index is 1.65. The number of amides is 1. The van der Waals surface area contributed by atoms with Gasteiger partial charge in [-0.25, -0.2) is 4.68 Å². The van der Waals surface area contributed by atoms with Gasteiger partial charge in [0.25, 0.3) is 5.91 Å². The number of aromatic nitrogens is 5. The Bertz CT molecular complexity index is 709. The van der Waals surface area contributed by atoms with Crippen LogP contribution in [0.25, 0.3) is 5.69 Å². The number of pyridine rings is 1. The fraction of sp³-hybridized carbons (Fsp3) is 0.0714. The van der Waals surface area contributed by atoms with E-state index in [0.29, 0.717) is 12.1 Å². The van der Waals surface area contributed by atoms with E-state index in [4.69, 9.17) is 0 Å². The summed E-state index contributed by atoms with van der Waals surface area (Å²) in [5.74, 6) is -0.149. The Hall–Kier alpha value is -3.09. The van der Waals surface area contributed by atoms with Crippen LogP contribution in [0.5, 0.6) is 0 Å². The summed E-state index contributed by atoms with van der Waals surface area (Å²) in [4.78, 5) is 16.2. The highest BCUT2D eigenvalue weighted by Crippen LogP contribution is 2.07. The first-order valence-electron chi connectivity index (χ1n) is 6.34. The minimum Gasteiger partial charge on any atom is -0.346 e. The van der Waals surface area contributed by atoms with Crippen LogP contribution in [0.1, 0.15) is 16.1 Å². The van der Waals surface area contributed by atoms with Crippen LogP contribution >= 0.6 is 0 Å². The maximum absolute atomic E-state index is 12.0. The lowest BCUT2D eigenvalue weighted by Crippen LogP contribution is -2.23. The Labute approximate surface area is 120 Å². The molecule has 2 aromatic heterocycles. The molecule has 3 rings (SSSR count). The van der Waals surface area contributed by atoms with Crippen molar-refractivity contribution < 1.29 is 4.79 Å². The number of rotatable bonds is 4. The van der Waals surface area contributed by atoms with Gasteiger partial charge in [-0.1, -0.05) is 6.07 Å². The molecule has 0 bridgehead atoms. The summed E-state index contributed by atoms with van der Waals surface area (Å²) < 4.78 is 1.52. The molecule has 1 aromatic carbocycles. The number of nitrogens with one attached hydrogen (secondary N) is 1. The van der Waals surface area contributed by atoms with Gasteiger partial charge in [0, 0.05) is 11.8 Å². The third-order valence-electron chi connectivity index (χ3n) is 2.90. The number of hydrogen-bond donors (Lipinski definition) is 1. The fourth-order valence-corrected chi connectivity index (χ4v) is 1.82. The summed E-state index contributed by atoms with van der Waals surface area (Å²) in [6.07, 6.45) is 3.19. The number of carbonyl (C=O) groups is 1. The highest BCUT2D eigenvalue weighted by molar-refractivity contribution is 5.94. The number of nitrogens with zero attached hydrogens (tertiary/aromatic N) is 5. The molecule has 0 fully saturated rings. The molecule has 0 saturated heterocycles. The van der Waals surface area contributed by atoms with Crippen molar-refractivity contribution >= 4 is 5.91 Å². The van der Waals surface area contributed by atoms with Crippen molar-refractivity contribution in [2.45, 2.75) is 6.54 Å². The molecule has 1 N–H and O–H groups in total. The van der Waals surface area contributed by atoms with Gasteiger partial charge in [0.05, 0.1) is 17.9 Å². The standard InChI is InChI=1S/C14H12N6O/c21-14(16-9-12-3-1-2-8-15-12)11-4-6-13(7-5-11)20-10-17-18-19-20/h1-8,10H,9H2,(H,16,21). The molecule has 0 aliphatic rings. The van der Waals surface area contributed by atoms with E-state index < -0.39 is 0 Å². The zero-order chi connectivity index (χ0) is 14.5. The van der Waals surface area contributed by atoms with E-state index in [2.05, 4.69) is 25.8 Å². The number of tetrazole rings is 1. The van der Waals surface area contributed by atoms with Crippen LogP contribution in [0.2, 0.25) is 0 Å². The minimum absolute atomic E-state index is 0.149. The van der Waals surface area contributed by atoms with Crippen molar-refractivity contribution in [2.24, 2.45) is 0 Å². The topological polar surface area (TPSA) is 85.6 Å². The predicted octanol–water partition coefficient (Wildman–Crippen LogP) is 0.987. The smallest absolute Gasteiger partial charge is 0.251 e. The van der Waals surface area contributed by atoms with Gasteiger partial charge in [0.15, 0.2) is 0 Å². The molecule has 0 atom stereocenters. The van der Waals surface area contributed by atoms with Crippen LogP contribution in [-0.2, 0) is 6.54 Å². The highest BCUT2D eigenvalue weighted by Gasteiger charge is 2.06. The zero-order valence-corrected chi connectivity index (χ0v) is 11.0. The largest absolute Gasteiger partial charge is 0.346 e. The van der Waals surface area contributed by atoms with Crippen molar-refractivity contribution in [2.75, 3.05) is 0 Å². The van der Waals surface area contributed by atoms with E-state index in [9.17, 15) is 4.79 Å². The van der Waals surface area contributed by atoms with Crippen LogP contribution in [0.15, 0.2) is 55.0 Å². The van der Waals surface area contributed by atoms with E-state index in [1.807, 2.05) is 18.2 Å². The van der Waals surface area contributed by atoms with Crippen LogP contribution in [0.4, 0.5) is 0 Å². The second kappa shape index (κ2) is 5.91. The molecule has 0 radical (unpaired) electrons. The molecular formula is C14H12N6O. The Morgan fingerprint density at radius 1 is 1.14 bits per heavy atom. The van der Waals surface area contributed by atoms with Gasteiger partial charge in [0.1, 0.15) is 6.33 Å². The number of carbonyl (C=O) groups excluding carboxylic acids is 1. The molecule has 0 aliphatic heterocycles. The first-order valence-corrected chi connectivity index (χ1v) is 6.34. The van der Waals surface area contributed by atoms with Crippen molar-refractivity contribution in [3.05, 3.63) is 66.2 Å². The van der Waals surface area contributed by atoms with E-state index in [-0.39, 0.29) is 5.91 Å². The van der Waals surface area contributed by atoms with Gasteiger partial charge in [-0.3, -0.25) is 9.78 Å². The first kappa shape index (κ1) is 12.9. The van der Waals surface area contributed by atoms with Gasteiger partial charge in [-0.05, 0) is 46.8 Å². The monoisotopic (exact) mass is 280 g/mol. The van der Waals surface area contributed by atoms with Crippen LogP contribution < -0.4 is 5.32 Å². The van der Waals surface area contributed by atoms with Gasteiger partial charge in [-0.15, -0.1) is 5.10 Å². The lowest BCUT2D eigenvalue weighted by Gasteiger charge is -2.05. The van der Waals surface area contributed by atoms with Crippen molar-refractivity contribution in [1.29, 1.82) is 0 Å². The maximum Gasteiger partial charge on any atom is 0.251 e. The molecule has 0 unspecified atom stereocenters. The summed E-state index contributed by atoms with van der Waals surface area (Å²) >= 11 is 0. The van der Waals surface area contributed by atoms with Crippen molar-refractivity contribution in [3.63, 3.8) is 0 Å². The minimum atomic E-state index is -0.149. The molecule has 7 heteroatoms. The molecule has 0 aliphatic carbocycles. The molecule has 3 aromatic rings. The lowest BCUT2D eigenvalue weighted by atomic mass is 10.2. The Kier molecular flexibility index (Phi) is 3.64. The third-order valence-corrected chi connectivity index (χ3v) is 2.90. The summed E-state index contributed by atoms with van der Waals surface area (Å²) in [7, 11) is 0. The molecule has 0 saturated carbocycles.